The van der Waals surface area contributed by atoms with Crippen LogP contribution in [0.5, 0.6) is 0 Å². The van der Waals surface area contributed by atoms with Crippen molar-refractivity contribution in [2.45, 2.75) is 33.1 Å². The number of halogens is 1. The normalized spacial score (nSPS) is 16.2. The molecule has 1 aromatic heterocycles. The summed E-state index contributed by atoms with van der Waals surface area (Å²) in [6, 6.07) is 13.5. The summed E-state index contributed by atoms with van der Waals surface area (Å²) >= 11 is 6.19. The van der Waals surface area contributed by atoms with Gasteiger partial charge in [-0.05, 0) is 68.7 Å². The molecule has 2 heterocycles. The Morgan fingerprint density at radius 2 is 1.70 bits per heavy atom. The van der Waals surface area contributed by atoms with Gasteiger partial charge < -0.3 is 9.80 Å². The number of anilines is 1. The zero-order valence-electron chi connectivity index (χ0n) is 19.0. The summed E-state index contributed by atoms with van der Waals surface area (Å²) in [4.78, 5) is 29.6. The van der Waals surface area contributed by atoms with Gasteiger partial charge in [-0.2, -0.15) is 5.10 Å². The topological polar surface area (TPSA) is 58.4 Å². The van der Waals surface area contributed by atoms with E-state index in [2.05, 4.69) is 16.9 Å². The molecule has 3 aromatic rings. The molecule has 170 valence electrons. The standard InChI is InChI=1S/C26H27ClN4O2/c1-17-6-9-20(27)16-23(17)29-12-14-30(15-13-29)26(33)19-7-10-21(11-8-19)31-22-4-3-5-24(32)25(22)18(2)28-31/h6-11,16H,3-5,12-15H2,1-2H3. The van der Waals surface area contributed by atoms with Crippen LogP contribution in [-0.2, 0) is 6.42 Å². The maximum Gasteiger partial charge on any atom is 0.253 e. The smallest absolute Gasteiger partial charge is 0.253 e. The fraction of sp³-hybridized carbons (Fsp3) is 0.346. The molecule has 33 heavy (non-hydrogen) atoms. The van der Waals surface area contributed by atoms with Gasteiger partial charge in [0.05, 0.1) is 22.6 Å². The molecule has 0 atom stereocenters. The third kappa shape index (κ3) is 4.04. The summed E-state index contributed by atoms with van der Waals surface area (Å²) in [5.41, 5.74) is 6.40. The number of benzene rings is 2. The second-order valence-electron chi connectivity index (χ2n) is 8.85. The summed E-state index contributed by atoms with van der Waals surface area (Å²) in [5.74, 6) is 0.219. The second kappa shape index (κ2) is 8.67. The Labute approximate surface area is 198 Å². The Bertz CT molecular complexity index is 1220. The highest BCUT2D eigenvalue weighted by Gasteiger charge is 2.26. The number of hydrogen-bond donors (Lipinski definition) is 0. The summed E-state index contributed by atoms with van der Waals surface area (Å²) in [7, 11) is 0. The minimum absolute atomic E-state index is 0.0397. The van der Waals surface area contributed by atoms with Gasteiger partial charge in [-0.1, -0.05) is 17.7 Å². The van der Waals surface area contributed by atoms with Gasteiger partial charge in [0.25, 0.3) is 5.91 Å². The Balaban J connectivity index is 1.29. The first-order chi connectivity index (χ1) is 15.9. The van der Waals surface area contributed by atoms with Gasteiger partial charge in [-0.15, -0.1) is 0 Å². The van der Waals surface area contributed by atoms with Crippen molar-refractivity contribution in [3.8, 4) is 5.69 Å². The predicted octanol–water partition coefficient (Wildman–Crippen LogP) is 4.62. The van der Waals surface area contributed by atoms with Crippen molar-refractivity contribution in [2.75, 3.05) is 31.1 Å². The van der Waals surface area contributed by atoms with Gasteiger partial charge in [0.1, 0.15) is 0 Å². The lowest BCUT2D eigenvalue weighted by Crippen LogP contribution is -2.49. The molecule has 0 radical (unpaired) electrons. The molecule has 1 aliphatic heterocycles. The van der Waals surface area contributed by atoms with Crippen molar-refractivity contribution in [3.63, 3.8) is 0 Å². The minimum atomic E-state index is 0.0397. The first-order valence-corrected chi connectivity index (χ1v) is 11.8. The molecule has 1 aliphatic carbocycles. The Morgan fingerprint density at radius 3 is 2.42 bits per heavy atom. The number of Topliss-reactive ketones (excluding diaryl/α,β-unsaturated/α-hetero) is 1. The lowest BCUT2D eigenvalue weighted by molar-refractivity contribution is 0.0746. The molecule has 1 amide bonds. The number of aromatic nitrogens is 2. The van der Waals surface area contributed by atoms with Crippen LogP contribution in [-0.4, -0.2) is 52.5 Å². The van der Waals surface area contributed by atoms with Gasteiger partial charge in [0.15, 0.2) is 5.78 Å². The monoisotopic (exact) mass is 462 g/mol. The summed E-state index contributed by atoms with van der Waals surface area (Å²) < 4.78 is 1.86. The van der Waals surface area contributed by atoms with E-state index in [1.807, 2.05) is 59.0 Å². The maximum absolute atomic E-state index is 13.1. The van der Waals surface area contributed by atoms with E-state index < -0.39 is 0 Å². The Morgan fingerprint density at radius 1 is 0.970 bits per heavy atom. The van der Waals surface area contributed by atoms with Crippen molar-refractivity contribution in [3.05, 3.63) is 75.6 Å². The highest BCUT2D eigenvalue weighted by Crippen LogP contribution is 2.28. The van der Waals surface area contributed by atoms with Crippen LogP contribution < -0.4 is 4.90 Å². The van der Waals surface area contributed by atoms with Crippen LogP contribution in [0.4, 0.5) is 5.69 Å². The minimum Gasteiger partial charge on any atom is -0.368 e. The zero-order valence-corrected chi connectivity index (χ0v) is 19.7. The van der Waals surface area contributed by atoms with Crippen molar-refractivity contribution in [1.29, 1.82) is 0 Å². The third-order valence-electron chi connectivity index (χ3n) is 6.69. The van der Waals surface area contributed by atoms with Crippen LogP contribution in [0.25, 0.3) is 5.69 Å². The van der Waals surface area contributed by atoms with Crippen LogP contribution in [0.3, 0.4) is 0 Å². The van der Waals surface area contributed by atoms with Gasteiger partial charge in [0, 0.05) is 48.9 Å². The van der Waals surface area contributed by atoms with Crippen molar-refractivity contribution < 1.29 is 9.59 Å². The van der Waals surface area contributed by atoms with Crippen LogP contribution in [0, 0.1) is 13.8 Å². The van der Waals surface area contributed by atoms with Gasteiger partial charge >= 0.3 is 0 Å². The van der Waals surface area contributed by atoms with E-state index in [4.69, 9.17) is 11.6 Å². The first-order valence-electron chi connectivity index (χ1n) is 11.4. The number of hydrogen-bond acceptors (Lipinski definition) is 4. The highest BCUT2D eigenvalue weighted by molar-refractivity contribution is 6.30. The van der Waals surface area contributed by atoms with Crippen molar-refractivity contribution in [1.82, 2.24) is 14.7 Å². The van der Waals surface area contributed by atoms with E-state index in [1.54, 1.807) is 0 Å². The first kappa shape index (κ1) is 21.7. The number of carbonyl (C=O) groups excluding carboxylic acids is 2. The lowest BCUT2D eigenvalue weighted by Gasteiger charge is -2.37. The molecule has 5 rings (SSSR count). The number of piperazine rings is 1. The molecule has 2 aliphatic rings. The number of fused-ring (bicyclic) bond motifs is 1. The number of ketones is 1. The molecular weight excluding hydrogens is 436 g/mol. The summed E-state index contributed by atoms with van der Waals surface area (Å²) in [6.45, 7) is 6.86. The average Bonchev–Trinajstić information content (AvgIpc) is 3.18. The number of rotatable bonds is 3. The SMILES string of the molecule is Cc1ccc(Cl)cc1N1CCN(C(=O)c2ccc(-n3nc(C)c4c3CCCC4=O)cc2)CC1. The van der Waals surface area contributed by atoms with Gasteiger partial charge in [0.2, 0.25) is 0 Å². The van der Waals surface area contributed by atoms with Crippen LogP contribution >= 0.6 is 11.6 Å². The van der Waals surface area contributed by atoms with Crippen LogP contribution in [0.1, 0.15) is 50.5 Å². The fourth-order valence-corrected chi connectivity index (χ4v) is 5.09. The van der Waals surface area contributed by atoms with Gasteiger partial charge in [-0.25, -0.2) is 4.68 Å². The van der Waals surface area contributed by atoms with E-state index >= 15 is 0 Å². The molecule has 1 fully saturated rings. The maximum atomic E-state index is 13.1. The molecule has 0 saturated carbocycles. The molecule has 0 unspecified atom stereocenters. The average molecular weight is 463 g/mol. The molecule has 1 saturated heterocycles. The molecular formula is C26H27ClN4O2. The van der Waals surface area contributed by atoms with Crippen molar-refractivity contribution in [2.24, 2.45) is 0 Å². The van der Waals surface area contributed by atoms with Gasteiger partial charge in [-0.3, -0.25) is 9.59 Å². The molecule has 7 heteroatoms. The highest BCUT2D eigenvalue weighted by atomic mass is 35.5. The molecule has 0 bridgehead atoms. The Kier molecular flexibility index (Phi) is 5.71. The molecule has 6 nitrogen and oxygen atoms in total. The van der Waals surface area contributed by atoms with E-state index in [1.165, 1.54) is 5.56 Å². The van der Waals surface area contributed by atoms with Crippen LogP contribution in [0.15, 0.2) is 42.5 Å². The number of amides is 1. The molecule has 2 aromatic carbocycles. The number of aryl methyl sites for hydroxylation is 2. The predicted molar refractivity (Wildman–Crippen MR) is 130 cm³/mol. The largest absolute Gasteiger partial charge is 0.368 e. The zero-order chi connectivity index (χ0) is 23.1. The van der Waals surface area contributed by atoms with E-state index in [-0.39, 0.29) is 11.7 Å². The fourth-order valence-electron chi connectivity index (χ4n) is 4.93. The summed E-state index contributed by atoms with van der Waals surface area (Å²) in [6.07, 6.45) is 2.30. The number of nitrogens with zero attached hydrogens (tertiary/aromatic N) is 4. The second-order valence-corrected chi connectivity index (χ2v) is 9.29. The van der Waals surface area contributed by atoms with Crippen molar-refractivity contribution >= 4 is 29.0 Å². The number of carbonyl (C=O) groups is 2. The lowest BCUT2D eigenvalue weighted by atomic mass is 9.94. The quantitative estimate of drug-likeness (QED) is 0.569. The molecule has 0 spiro atoms. The van der Waals surface area contributed by atoms with E-state index in [9.17, 15) is 9.59 Å². The Hall–Kier alpha value is -3.12. The summed E-state index contributed by atoms with van der Waals surface area (Å²) in [5, 5.41) is 5.34. The van der Waals surface area contributed by atoms with Crippen LogP contribution in [0.2, 0.25) is 5.02 Å². The molecule has 0 N–H and O–H groups in total. The van der Waals surface area contributed by atoms with E-state index in [0.29, 0.717) is 25.1 Å². The third-order valence-corrected chi connectivity index (χ3v) is 6.92. The van der Waals surface area contributed by atoms with E-state index in [0.717, 1.165) is 59.3 Å².